The standard InChI is InChI=1S/C27H29F2N7O3S/c1-3-35(2)40(38,39)34-22-6-5-21(28)24(25(22)29)26(37)20-15-33-27-19(20)12-17(14-32-27)16-4-7-23(31-13-16)36-10-8-18(30)9-11-36/h4-7,12-15,18,34H,3,8-11,30H2,1-2H3,(H,32,33). The molecule has 1 aliphatic heterocycles. The van der Waals surface area contributed by atoms with E-state index in [9.17, 15) is 17.6 Å². The number of nitrogens with zero attached hydrogens (tertiary/aromatic N) is 4. The van der Waals surface area contributed by atoms with Gasteiger partial charge in [-0.15, -0.1) is 0 Å². The number of rotatable bonds is 8. The number of nitrogens with two attached hydrogens (primary N) is 1. The molecular weight excluding hydrogens is 540 g/mol. The minimum absolute atomic E-state index is 0.0120. The average molecular weight is 570 g/mol. The van der Waals surface area contributed by atoms with E-state index in [2.05, 4.69) is 24.6 Å². The maximum Gasteiger partial charge on any atom is 0.301 e. The topological polar surface area (TPSA) is 137 Å². The van der Waals surface area contributed by atoms with Crippen molar-refractivity contribution in [1.82, 2.24) is 19.3 Å². The van der Waals surface area contributed by atoms with Crippen LogP contribution in [-0.2, 0) is 10.2 Å². The van der Waals surface area contributed by atoms with Gasteiger partial charge in [-0.05, 0) is 43.2 Å². The van der Waals surface area contributed by atoms with Gasteiger partial charge in [-0.25, -0.2) is 18.7 Å². The van der Waals surface area contributed by atoms with Gasteiger partial charge in [-0.3, -0.25) is 9.52 Å². The Bertz CT molecular complexity index is 1670. The Morgan fingerprint density at radius 2 is 1.88 bits per heavy atom. The number of aromatic amines is 1. The van der Waals surface area contributed by atoms with Gasteiger partial charge in [-0.1, -0.05) is 6.92 Å². The summed E-state index contributed by atoms with van der Waals surface area (Å²) in [6.07, 6.45) is 6.46. The minimum Gasteiger partial charge on any atom is -0.357 e. The second-order valence-corrected chi connectivity index (χ2v) is 11.5. The van der Waals surface area contributed by atoms with Crippen LogP contribution in [-0.4, -0.2) is 66.2 Å². The van der Waals surface area contributed by atoms with E-state index in [1.54, 1.807) is 25.4 Å². The van der Waals surface area contributed by atoms with Gasteiger partial charge in [-0.2, -0.15) is 12.7 Å². The lowest BCUT2D eigenvalue weighted by molar-refractivity contribution is 0.103. The third kappa shape index (κ3) is 5.27. The summed E-state index contributed by atoms with van der Waals surface area (Å²) < 4.78 is 58.0. The van der Waals surface area contributed by atoms with E-state index in [0.29, 0.717) is 16.6 Å². The molecule has 4 heterocycles. The lowest BCUT2D eigenvalue weighted by Crippen LogP contribution is -2.40. The zero-order chi connectivity index (χ0) is 28.6. The molecule has 0 bridgehead atoms. The van der Waals surface area contributed by atoms with E-state index in [-0.39, 0.29) is 18.2 Å². The fourth-order valence-corrected chi connectivity index (χ4v) is 5.51. The molecule has 1 saturated heterocycles. The number of hydrogen-bond acceptors (Lipinski definition) is 7. The molecule has 1 aliphatic rings. The first kappa shape index (κ1) is 27.6. The predicted molar refractivity (Wildman–Crippen MR) is 149 cm³/mol. The van der Waals surface area contributed by atoms with Gasteiger partial charge in [0.25, 0.3) is 0 Å². The number of benzene rings is 1. The number of ketones is 1. The molecule has 0 unspecified atom stereocenters. The summed E-state index contributed by atoms with van der Waals surface area (Å²) in [5.41, 5.74) is 6.33. The largest absolute Gasteiger partial charge is 0.357 e. The highest BCUT2D eigenvalue weighted by atomic mass is 32.2. The van der Waals surface area contributed by atoms with Crippen LogP contribution in [0.3, 0.4) is 0 Å². The zero-order valence-corrected chi connectivity index (χ0v) is 22.8. The van der Waals surface area contributed by atoms with Gasteiger partial charge in [0.1, 0.15) is 17.3 Å². The SMILES string of the molecule is CCN(C)S(=O)(=O)Nc1ccc(F)c(C(=O)c2c[nH]c3ncc(-c4ccc(N5CCC(N)CC5)nc4)cc23)c1F. The van der Waals surface area contributed by atoms with Crippen LogP contribution in [0.5, 0.6) is 0 Å². The second-order valence-electron chi connectivity index (χ2n) is 9.69. The van der Waals surface area contributed by atoms with Crippen molar-refractivity contribution in [2.75, 3.05) is 36.3 Å². The second kappa shape index (κ2) is 10.9. The molecule has 0 spiro atoms. The number of nitrogens with one attached hydrogen (secondary N) is 2. The Kier molecular flexibility index (Phi) is 7.53. The summed E-state index contributed by atoms with van der Waals surface area (Å²) >= 11 is 0. The van der Waals surface area contributed by atoms with Gasteiger partial charge in [0, 0.05) is 73.4 Å². The number of hydrogen-bond donors (Lipinski definition) is 3. The molecule has 1 aromatic carbocycles. The van der Waals surface area contributed by atoms with Crippen LogP contribution in [0, 0.1) is 11.6 Å². The number of carbonyl (C=O) groups is 1. The summed E-state index contributed by atoms with van der Waals surface area (Å²) in [6.45, 7) is 3.39. The van der Waals surface area contributed by atoms with Crippen molar-refractivity contribution in [2.45, 2.75) is 25.8 Å². The Balaban J connectivity index is 1.46. The van der Waals surface area contributed by atoms with Crippen LogP contribution in [0.2, 0.25) is 0 Å². The number of pyridine rings is 2. The fraction of sp³-hybridized carbons (Fsp3) is 0.296. The average Bonchev–Trinajstić information content (AvgIpc) is 3.38. The number of piperidine rings is 1. The molecule has 10 nitrogen and oxygen atoms in total. The van der Waals surface area contributed by atoms with Crippen LogP contribution in [0.25, 0.3) is 22.2 Å². The Morgan fingerprint density at radius 1 is 1.15 bits per heavy atom. The molecule has 3 aromatic heterocycles. The molecular formula is C27H29F2N7O3S. The van der Waals surface area contributed by atoms with Crippen LogP contribution in [0.15, 0.2) is 48.9 Å². The van der Waals surface area contributed by atoms with Gasteiger partial charge in [0.05, 0.1) is 11.3 Å². The van der Waals surface area contributed by atoms with Gasteiger partial charge >= 0.3 is 10.2 Å². The molecule has 0 amide bonds. The van der Waals surface area contributed by atoms with Crippen molar-refractivity contribution in [3.8, 4) is 11.1 Å². The number of carbonyl (C=O) groups excluding carboxylic acids is 1. The molecule has 4 N–H and O–H groups in total. The van der Waals surface area contributed by atoms with Crippen LogP contribution < -0.4 is 15.4 Å². The summed E-state index contributed by atoms with van der Waals surface area (Å²) in [4.78, 5) is 27.4. The Morgan fingerprint density at radius 3 is 2.55 bits per heavy atom. The highest BCUT2D eigenvalue weighted by molar-refractivity contribution is 7.90. The third-order valence-corrected chi connectivity index (χ3v) is 8.69. The maximum atomic E-state index is 15.4. The number of H-pyrrole nitrogens is 1. The molecule has 0 saturated carbocycles. The van der Waals surface area contributed by atoms with E-state index in [1.807, 2.05) is 12.1 Å². The molecule has 0 radical (unpaired) electrons. The van der Waals surface area contributed by atoms with Crippen molar-refractivity contribution >= 4 is 38.5 Å². The predicted octanol–water partition coefficient (Wildman–Crippen LogP) is 3.67. The Hall–Kier alpha value is -3.94. The first-order chi connectivity index (χ1) is 19.1. The molecule has 13 heteroatoms. The fourth-order valence-electron chi connectivity index (χ4n) is 4.58. The van der Waals surface area contributed by atoms with Crippen LogP contribution >= 0.6 is 0 Å². The van der Waals surface area contributed by atoms with E-state index in [4.69, 9.17) is 5.73 Å². The van der Waals surface area contributed by atoms with E-state index in [0.717, 1.165) is 53.8 Å². The highest BCUT2D eigenvalue weighted by Gasteiger charge is 2.27. The first-order valence-electron chi connectivity index (χ1n) is 12.8. The molecule has 0 aliphatic carbocycles. The summed E-state index contributed by atoms with van der Waals surface area (Å²) in [6, 6.07) is 7.50. The number of anilines is 2. The van der Waals surface area contributed by atoms with E-state index in [1.165, 1.54) is 13.2 Å². The number of aromatic nitrogens is 3. The van der Waals surface area contributed by atoms with Gasteiger partial charge < -0.3 is 15.6 Å². The smallest absolute Gasteiger partial charge is 0.301 e. The molecule has 5 rings (SSSR count). The third-order valence-electron chi connectivity index (χ3n) is 7.13. The summed E-state index contributed by atoms with van der Waals surface area (Å²) in [5, 5.41) is 0.354. The van der Waals surface area contributed by atoms with Crippen molar-refractivity contribution in [2.24, 2.45) is 5.73 Å². The quantitative estimate of drug-likeness (QED) is 0.275. The van der Waals surface area contributed by atoms with Crippen molar-refractivity contribution in [3.05, 3.63) is 71.7 Å². The summed E-state index contributed by atoms with van der Waals surface area (Å²) in [5.74, 6) is -2.54. The summed E-state index contributed by atoms with van der Waals surface area (Å²) in [7, 11) is -2.80. The minimum atomic E-state index is -4.10. The lowest BCUT2D eigenvalue weighted by atomic mass is 10.00. The monoisotopic (exact) mass is 569 g/mol. The molecule has 210 valence electrons. The molecule has 0 atom stereocenters. The number of fused-ring (bicyclic) bond motifs is 1. The van der Waals surface area contributed by atoms with Gasteiger partial charge in [0.15, 0.2) is 5.82 Å². The van der Waals surface area contributed by atoms with Gasteiger partial charge in [0.2, 0.25) is 5.78 Å². The Labute approximate surface area is 230 Å². The first-order valence-corrected chi connectivity index (χ1v) is 14.2. The van der Waals surface area contributed by atoms with Crippen molar-refractivity contribution < 1.29 is 22.0 Å². The van der Waals surface area contributed by atoms with E-state index < -0.39 is 38.9 Å². The number of halogens is 2. The van der Waals surface area contributed by atoms with Crippen molar-refractivity contribution in [3.63, 3.8) is 0 Å². The zero-order valence-electron chi connectivity index (χ0n) is 22.0. The highest BCUT2D eigenvalue weighted by Crippen LogP contribution is 2.30. The molecule has 40 heavy (non-hydrogen) atoms. The van der Waals surface area contributed by atoms with E-state index >= 15 is 4.39 Å². The maximum absolute atomic E-state index is 15.4. The molecule has 1 fully saturated rings. The lowest BCUT2D eigenvalue weighted by Gasteiger charge is -2.31. The molecule has 4 aromatic rings. The van der Waals surface area contributed by atoms with Crippen LogP contribution in [0.1, 0.15) is 35.7 Å². The normalized spacial score (nSPS) is 14.7. The van der Waals surface area contributed by atoms with Crippen LogP contribution in [0.4, 0.5) is 20.3 Å². The van der Waals surface area contributed by atoms with Crippen molar-refractivity contribution in [1.29, 1.82) is 0 Å².